The van der Waals surface area contributed by atoms with Crippen LogP contribution in [0.15, 0.2) is 40.8 Å². The van der Waals surface area contributed by atoms with Crippen LogP contribution >= 0.6 is 0 Å². The molecule has 0 saturated carbocycles. The third-order valence-electron chi connectivity index (χ3n) is 4.21. The molecule has 3 rings (SSSR count). The molecule has 1 aromatic heterocycles. The van der Waals surface area contributed by atoms with Gasteiger partial charge in [-0.2, -0.15) is 0 Å². The monoisotopic (exact) mass is 329 g/mol. The summed E-state index contributed by atoms with van der Waals surface area (Å²) >= 11 is 0. The SMILES string of the molecule is CCc1ccc(C(=O)N2CCN(c3ccc([N+](=O)[O-])cc3)CC2)o1. The predicted molar refractivity (Wildman–Crippen MR) is 89.3 cm³/mol. The number of nitrogens with zero attached hydrogens (tertiary/aromatic N) is 3. The molecule has 0 aliphatic carbocycles. The van der Waals surface area contributed by atoms with Crippen LogP contribution in [0.3, 0.4) is 0 Å². The summed E-state index contributed by atoms with van der Waals surface area (Å²) in [5.74, 6) is 1.11. The lowest BCUT2D eigenvalue weighted by molar-refractivity contribution is -0.384. The number of hydrogen-bond acceptors (Lipinski definition) is 5. The Kier molecular flexibility index (Phi) is 4.50. The van der Waals surface area contributed by atoms with Crippen molar-refractivity contribution in [3.05, 3.63) is 58.0 Å². The summed E-state index contributed by atoms with van der Waals surface area (Å²) in [6.45, 7) is 4.54. The predicted octanol–water partition coefficient (Wildman–Crippen LogP) is 2.71. The van der Waals surface area contributed by atoms with Gasteiger partial charge >= 0.3 is 0 Å². The number of rotatable bonds is 4. The van der Waals surface area contributed by atoms with Gasteiger partial charge in [0.1, 0.15) is 5.76 Å². The first-order valence-electron chi connectivity index (χ1n) is 7.96. The highest BCUT2D eigenvalue weighted by atomic mass is 16.6. The van der Waals surface area contributed by atoms with E-state index in [2.05, 4.69) is 4.90 Å². The van der Waals surface area contributed by atoms with Gasteiger partial charge in [-0.3, -0.25) is 14.9 Å². The second kappa shape index (κ2) is 6.74. The second-order valence-electron chi connectivity index (χ2n) is 5.67. The fourth-order valence-corrected chi connectivity index (χ4v) is 2.79. The number of hydrogen-bond donors (Lipinski definition) is 0. The normalized spacial score (nSPS) is 14.7. The molecule has 1 fully saturated rings. The minimum Gasteiger partial charge on any atom is -0.456 e. The number of nitro benzene ring substituents is 1. The molecule has 24 heavy (non-hydrogen) atoms. The first-order chi connectivity index (χ1) is 11.6. The molecule has 0 radical (unpaired) electrons. The standard InChI is InChI=1S/C17H19N3O4/c1-2-15-7-8-16(24-15)17(21)19-11-9-18(10-12-19)13-3-5-14(6-4-13)20(22)23/h3-8H,2,9-12H2,1H3. The van der Waals surface area contributed by atoms with Crippen LogP contribution in [0.25, 0.3) is 0 Å². The zero-order valence-electron chi connectivity index (χ0n) is 13.5. The van der Waals surface area contributed by atoms with Gasteiger partial charge in [0.2, 0.25) is 0 Å². The molecule has 0 spiro atoms. The van der Waals surface area contributed by atoms with Gasteiger partial charge in [0.05, 0.1) is 4.92 Å². The Morgan fingerprint density at radius 1 is 1.12 bits per heavy atom. The Balaban J connectivity index is 1.60. The molecule has 0 N–H and O–H groups in total. The summed E-state index contributed by atoms with van der Waals surface area (Å²) in [6.07, 6.45) is 0.765. The van der Waals surface area contributed by atoms with Gasteiger partial charge in [0, 0.05) is 50.4 Å². The van der Waals surface area contributed by atoms with E-state index >= 15 is 0 Å². The first-order valence-corrected chi connectivity index (χ1v) is 7.96. The van der Waals surface area contributed by atoms with E-state index in [9.17, 15) is 14.9 Å². The maximum Gasteiger partial charge on any atom is 0.289 e. The number of nitro groups is 1. The van der Waals surface area contributed by atoms with Gasteiger partial charge in [0.25, 0.3) is 11.6 Å². The van der Waals surface area contributed by atoms with E-state index in [1.807, 2.05) is 13.0 Å². The van der Waals surface area contributed by atoms with Crippen LogP contribution in [0.1, 0.15) is 23.2 Å². The number of furan rings is 1. The molecule has 126 valence electrons. The van der Waals surface area contributed by atoms with Crippen molar-refractivity contribution < 1.29 is 14.1 Å². The van der Waals surface area contributed by atoms with Gasteiger partial charge in [0.15, 0.2) is 5.76 Å². The maximum atomic E-state index is 12.4. The Morgan fingerprint density at radius 3 is 2.33 bits per heavy atom. The van der Waals surface area contributed by atoms with Crippen molar-refractivity contribution >= 4 is 17.3 Å². The van der Waals surface area contributed by atoms with Gasteiger partial charge in [-0.15, -0.1) is 0 Å². The Hall–Kier alpha value is -2.83. The number of benzene rings is 1. The van der Waals surface area contributed by atoms with Crippen LogP contribution in [-0.2, 0) is 6.42 Å². The number of aryl methyl sites for hydroxylation is 1. The van der Waals surface area contributed by atoms with Crippen LogP contribution in [0, 0.1) is 10.1 Å². The average molecular weight is 329 g/mol. The highest BCUT2D eigenvalue weighted by Gasteiger charge is 2.24. The summed E-state index contributed by atoms with van der Waals surface area (Å²) in [5, 5.41) is 10.7. The molecule has 0 bridgehead atoms. The fourth-order valence-electron chi connectivity index (χ4n) is 2.79. The van der Waals surface area contributed by atoms with Crippen molar-refractivity contribution in [3.63, 3.8) is 0 Å². The second-order valence-corrected chi connectivity index (χ2v) is 5.67. The lowest BCUT2D eigenvalue weighted by Gasteiger charge is -2.35. The molecule has 1 amide bonds. The Labute approximate surface area is 139 Å². The third kappa shape index (κ3) is 3.24. The van der Waals surface area contributed by atoms with Crippen LogP contribution in [-0.4, -0.2) is 41.9 Å². The third-order valence-corrected chi connectivity index (χ3v) is 4.21. The van der Waals surface area contributed by atoms with E-state index in [0.717, 1.165) is 17.9 Å². The first kappa shape index (κ1) is 16.0. The van der Waals surface area contributed by atoms with Crippen molar-refractivity contribution in [2.24, 2.45) is 0 Å². The molecule has 7 heteroatoms. The van der Waals surface area contributed by atoms with Gasteiger partial charge < -0.3 is 14.2 Å². The summed E-state index contributed by atoms with van der Waals surface area (Å²) in [6, 6.07) is 10.1. The molecule has 0 atom stereocenters. The topological polar surface area (TPSA) is 79.8 Å². The summed E-state index contributed by atoms with van der Waals surface area (Å²) in [4.78, 5) is 26.6. The van der Waals surface area contributed by atoms with Crippen LogP contribution in [0.5, 0.6) is 0 Å². The van der Waals surface area contributed by atoms with E-state index in [0.29, 0.717) is 31.9 Å². The van der Waals surface area contributed by atoms with Crippen LogP contribution in [0.4, 0.5) is 11.4 Å². The Morgan fingerprint density at radius 2 is 1.79 bits per heavy atom. The molecule has 2 aromatic rings. The number of carbonyl (C=O) groups excluding carboxylic acids is 1. The molecular formula is C17H19N3O4. The van der Waals surface area contributed by atoms with Gasteiger partial charge in [-0.1, -0.05) is 6.92 Å². The summed E-state index contributed by atoms with van der Waals surface area (Å²) in [5.41, 5.74) is 1.01. The van der Waals surface area contributed by atoms with E-state index in [1.165, 1.54) is 12.1 Å². The van der Waals surface area contributed by atoms with E-state index in [1.54, 1.807) is 23.1 Å². The van der Waals surface area contributed by atoms with Crippen molar-refractivity contribution in [1.82, 2.24) is 4.90 Å². The minimum absolute atomic E-state index is 0.0807. The largest absolute Gasteiger partial charge is 0.456 e. The minimum atomic E-state index is -0.408. The van der Waals surface area contributed by atoms with Crippen molar-refractivity contribution in [1.29, 1.82) is 0 Å². The molecule has 7 nitrogen and oxygen atoms in total. The fraction of sp³-hybridized carbons (Fsp3) is 0.353. The molecule has 1 aliphatic rings. The number of piperazine rings is 1. The summed E-state index contributed by atoms with van der Waals surface area (Å²) in [7, 11) is 0. The van der Waals surface area contributed by atoms with Crippen molar-refractivity contribution in [2.45, 2.75) is 13.3 Å². The zero-order valence-corrected chi connectivity index (χ0v) is 13.5. The lowest BCUT2D eigenvalue weighted by atomic mass is 10.2. The highest BCUT2D eigenvalue weighted by molar-refractivity contribution is 5.91. The molecule has 1 aromatic carbocycles. The number of anilines is 1. The molecule has 0 unspecified atom stereocenters. The molecule has 2 heterocycles. The van der Waals surface area contributed by atoms with E-state index in [4.69, 9.17) is 4.42 Å². The van der Waals surface area contributed by atoms with Crippen LogP contribution < -0.4 is 4.90 Å². The van der Waals surface area contributed by atoms with Gasteiger partial charge in [-0.25, -0.2) is 0 Å². The lowest BCUT2D eigenvalue weighted by Crippen LogP contribution is -2.48. The number of amides is 1. The average Bonchev–Trinajstić information content (AvgIpc) is 3.10. The molecule has 1 aliphatic heterocycles. The Bertz CT molecular complexity index is 731. The molecular weight excluding hydrogens is 310 g/mol. The maximum absolute atomic E-state index is 12.4. The number of carbonyl (C=O) groups is 1. The highest BCUT2D eigenvalue weighted by Crippen LogP contribution is 2.21. The number of non-ortho nitro benzene ring substituents is 1. The van der Waals surface area contributed by atoms with Gasteiger partial charge in [-0.05, 0) is 24.3 Å². The quantitative estimate of drug-likeness (QED) is 0.636. The van der Waals surface area contributed by atoms with E-state index in [-0.39, 0.29) is 11.6 Å². The van der Waals surface area contributed by atoms with Crippen molar-refractivity contribution in [2.75, 3.05) is 31.1 Å². The van der Waals surface area contributed by atoms with E-state index < -0.39 is 4.92 Å². The smallest absolute Gasteiger partial charge is 0.289 e. The van der Waals surface area contributed by atoms with Crippen LogP contribution in [0.2, 0.25) is 0 Å². The van der Waals surface area contributed by atoms with Crippen molar-refractivity contribution in [3.8, 4) is 0 Å². The zero-order chi connectivity index (χ0) is 17.1. The summed E-state index contributed by atoms with van der Waals surface area (Å²) < 4.78 is 5.53. The molecule has 1 saturated heterocycles.